The molecule has 2 aromatic carbocycles. The number of amides is 1. The summed E-state index contributed by atoms with van der Waals surface area (Å²) in [6.07, 6.45) is 0.0942. The van der Waals surface area contributed by atoms with Crippen LogP contribution < -0.4 is 5.32 Å². The first kappa shape index (κ1) is 17.4. The minimum atomic E-state index is -1.14. The number of hydrogen-bond donors (Lipinski definition) is 2. The molecule has 2 N–H and O–H groups in total. The molecule has 1 unspecified atom stereocenters. The largest absolute Gasteiger partial charge is 0.480 e. The molecule has 1 aliphatic rings. The van der Waals surface area contributed by atoms with Gasteiger partial charge in [0.25, 0.3) is 0 Å². The Labute approximate surface area is 195 Å². The molecular formula is C25H29N2O5. The van der Waals surface area contributed by atoms with E-state index >= 15 is 0 Å². The second-order valence-electron chi connectivity index (χ2n) is 7.55. The molecule has 0 spiro atoms. The number of carboxylic acid groups (broad SMARTS) is 1. The molecule has 169 valence electrons. The van der Waals surface area contributed by atoms with Gasteiger partial charge in [-0.3, -0.25) is 14.9 Å². The van der Waals surface area contributed by atoms with E-state index in [0.717, 1.165) is 11.1 Å². The second-order valence-corrected chi connectivity index (χ2v) is 7.55. The van der Waals surface area contributed by atoms with Gasteiger partial charge in [0.15, 0.2) is 0 Å². The van der Waals surface area contributed by atoms with Gasteiger partial charge in [-0.1, -0.05) is 42.3 Å². The number of esters is 1. The Bertz CT molecular complexity index is 1180. The molecule has 0 saturated carbocycles. The topological polar surface area (TPSA) is 95.9 Å². The Morgan fingerprint density at radius 2 is 2.06 bits per heavy atom. The third-order valence-corrected chi connectivity index (χ3v) is 5.38. The number of rotatable bonds is 9. The van der Waals surface area contributed by atoms with Crippen molar-refractivity contribution in [2.24, 2.45) is 0 Å². The quantitative estimate of drug-likeness (QED) is 0.579. The van der Waals surface area contributed by atoms with Gasteiger partial charge in [0, 0.05) is 13.0 Å². The highest BCUT2D eigenvalue weighted by Gasteiger charge is 2.37. The van der Waals surface area contributed by atoms with Crippen LogP contribution in [-0.2, 0) is 38.5 Å². The minimum Gasteiger partial charge on any atom is -0.480 e. The van der Waals surface area contributed by atoms with Crippen LogP contribution in [0.15, 0.2) is 48.4 Å². The van der Waals surface area contributed by atoms with Crippen molar-refractivity contribution in [2.75, 3.05) is 6.61 Å². The number of nitrogens with zero attached hydrogens (tertiary/aromatic N) is 1. The van der Waals surface area contributed by atoms with Crippen molar-refractivity contribution in [3.63, 3.8) is 0 Å². The molecule has 1 amide bonds. The molecule has 7 nitrogen and oxygen atoms in total. The van der Waals surface area contributed by atoms with E-state index < -0.39 is 54.1 Å². The zero-order chi connectivity index (χ0) is 27.4. The van der Waals surface area contributed by atoms with Gasteiger partial charge in [0.1, 0.15) is 12.1 Å². The standard InChI is InChI=1S/C25H29N2O5/c1-3-32-25(31)21(14-13-18-9-5-4-6-10-18)26-17(2)23(28)27-16-20-12-8-7-11-19(20)15-22(27)24(29)30/h4-7,9-12,17,21-22,26H,3,13-16H2,1-2H3,(H,29,30)/t17?,21-,22+/m1/s1/i4D,5D,6D,9D,10D. The maximum absolute atomic E-state index is 13.4. The summed E-state index contributed by atoms with van der Waals surface area (Å²) in [4.78, 5) is 39.2. The zero-order valence-electron chi connectivity index (χ0n) is 23.0. The first-order valence-corrected chi connectivity index (χ1v) is 10.5. The lowest BCUT2D eigenvalue weighted by molar-refractivity contribution is -0.153. The number of carbonyl (C=O) groups excluding carboxylic acids is 2. The van der Waals surface area contributed by atoms with Gasteiger partial charge in [-0.15, -0.1) is 0 Å². The van der Waals surface area contributed by atoms with E-state index in [1.807, 2.05) is 0 Å². The predicted molar refractivity (Wildman–Crippen MR) is 119 cm³/mol. The van der Waals surface area contributed by atoms with Crippen LogP contribution >= 0.6 is 0 Å². The van der Waals surface area contributed by atoms with Crippen LogP contribution in [-0.4, -0.2) is 52.6 Å². The number of carboxylic acids is 1. The van der Waals surface area contributed by atoms with Crippen LogP contribution in [0.5, 0.6) is 0 Å². The van der Waals surface area contributed by atoms with E-state index in [9.17, 15) is 19.5 Å². The fraction of sp³-hybridized carbons (Fsp3) is 0.400. The van der Waals surface area contributed by atoms with Gasteiger partial charge in [0.2, 0.25) is 5.91 Å². The average molecular weight is 443 g/mol. The van der Waals surface area contributed by atoms with Crippen molar-refractivity contribution in [1.82, 2.24) is 10.2 Å². The van der Waals surface area contributed by atoms with Crippen LogP contribution in [0.1, 0.15) is 43.8 Å². The number of hydrogen-bond acceptors (Lipinski definition) is 5. The second kappa shape index (κ2) is 10.9. The van der Waals surface area contributed by atoms with E-state index in [4.69, 9.17) is 11.6 Å². The first-order valence-electron chi connectivity index (χ1n) is 13.0. The molecule has 3 atom stereocenters. The Hall–Kier alpha value is -3.19. The minimum absolute atomic E-state index is 0.00933. The number of fused-ring (bicyclic) bond motifs is 1. The van der Waals surface area contributed by atoms with Crippen molar-refractivity contribution < 1.29 is 31.1 Å². The van der Waals surface area contributed by atoms with Gasteiger partial charge in [0.05, 0.1) is 19.5 Å². The first-order chi connectivity index (χ1) is 17.5. The van der Waals surface area contributed by atoms with E-state index in [1.165, 1.54) is 11.8 Å². The SMILES string of the molecule is [2H]c1c([2H])c([2H])c(CC[C@@H](NC(C)C(=O)N2Cc3c[c]ccc3C[C@H]2C(=O)O)C(=O)OCC)c([2H])c1[2H]. The monoisotopic (exact) mass is 442 g/mol. The lowest BCUT2D eigenvalue weighted by Gasteiger charge is -2.36. The fourth-order valence-electron chi connectivity index (χ4n) is 3.73. The Morgan fingerprint density at radius 3 is 2.75 bits per heavy atom. The molecule has 0 saturated heterocycles. The average Bonchev–Trinajstić information content (AvgIpc) is 2.88. The van der Waals surface area contributed by atoms with Crippen molar-refractivity contribution in [1.29, 1.82) is 0 Å². The van der Waals surface area contributed by atoms with Gasteiger partial charge in [-0.25, -0.2) is 4.79 Å². The molecule has 1 radical (unpaired) electrons. The normalized spacial score (nSPS) is 19.4. The smallest absolute Gasteiger partial charge is 0.326 e. The number of ether oxygens (including phenoxy) is 1. The van der Waals surface area contributed by atoms with Gasteiger partial charge < -0.3 is 14.7 Å². The molecule has 1 heterocycles. The molecule has 0 fully saturated rings. The summed E-state index contributed by atoms with van der Waals surface area (Å²) in [5.74, 6) is -2.32. The third-order valence-electron chi connectivity index (χ3n) is 5.38. The molecule has 0 bridgehead atoms. The van der Waals surface area contributed by atoms with Crippen molar-refractivity contribution in [3.8, 4) is 0 Å². The number of benzene rings is 2. The summed E-state index contributed by atoms with van der Waals surface area (Å²) >= 11 is 0. The summed E-state index contributed by atoms with van der Waals surface area (Å²) in [6.45, 7) is 3.30. The Morgan fingerprint density at radius 1 is 1.31 bits per heavy atom. The van der Waals surface area contributed by atoms with E-state index in [1.54, 1.807) is 25.1 Å². The molecule has 1 aliphatic heterocycles. The van der Waals surface area contributed by atoms with Gasteiger partial charge in [-0.2, -0.15) is 0 Å². The lowest BCUT2D eigenvalue weighted by Crippen LogP contribution is -2.56. The van der Waals surface area contributed by atoms with Crippen molar-refractivity contribution >= 4 is 17.8 Å². The molecule has 3 rings (SSSR count). The number of carbonyl (C=O) groups is 3. The van der Waals surface area contributed by atoms with E-state index in [-0.39, 0.29) is 50.1 Å². The molecule has 7 heteroatoms. The summed E-state index contributed by atoms with van der Waals surface area (Å²) < 4.78 is 44.8. The van der Waals surface area contributed by atoms with Crippen LogP contribution in [0.4, 0.5) is 0 Å². The highest BCUT2D eigenvalue weighted by atomic mass is 16.5. The van der Waals surface area contributed by atoms with Gasteiger partial charge in [-0.05, 0) is 55.5 Å². The molecular weight excluding hydrogens is 408 g/mol. The number of aliphatic carboxylic acids is 1. The molecule has 0 aromatic heterocycles. The number of nitrogens with one attached hydrogen (secondary N) is 1. The summed E-state index contributed by atoms with van der Waals surface area (Å²) in [6, 6.07) is 2.89. The molecule has 0 aliphatic carbocycles. The van der Waals surface area contributed by atoms with E-state index in [2.05, 4.69) is 11.4 Å². The van der Waals surface area contributed by atoms with Crippen molar-refractivity contribution in [2.45, 2.75) is 57.8 Å². The summed E-state index contributed by atoms with van der Waals surface area (Å²) in [5, 5.41) is 12.7. The van der Waals surface area contributed by atoms with Crippen LogP contribution in [0.3, 0.4) is 0 Å². The van der Waals surface area contributed by atoms with Crippen LogP contribution in [0, 0.1) is 6.07 Å². The predicted octanol–water partition coefficient (Wildman–Crippen LogP) is 2.37. The molecule has 32 heavy (non-hydrogen) atoms. The highest BCUT2D eigenvalue weighted by Crippen LogP contribution is 2.24. The fourth-order valence-corrected chi connectivity index (χ4v) is 3.73. The Balaban J connectivity index is 1.80. The van der Waals surface area contributed by atoms with Gasteiger partial charge >= 0.3 is 11.9 Å². The lowest BCUT2D eigenvalue weighted by atomic mass is 9.93. The maximum Gasteiger partial charge on any atom is 0.326 e. The highest BCUT2D eigenvalue weighted by molar-refractivity contribution is 5.88. The third kappa shape index (κ3) is 5.73. The molecule has 2 aromatic rings. The van der Waals surface area contributed by atoms with Crippen molar-refractivity contribution in [3.05, 3.63) is 71.2 Å². The maximum atomic E-state index is 13.4. The van der Waals surface area contributed by atoms with E-state index in [0.29, 0.717) is 0 Å². The van der Waals surface area contributed by atoms with Crippen LogP contribution in [0.25, 0.3) is 0 Å². The summed E-state index contributed by atoms with van der Waals surface area (Å²) in [7, 11) is 0. The summed E-state index contributed by atoms with van der Waals surface area (Å²) in [5.41, 5.74) is 1.68. The zero-order valence-corrected chi connectivity index (χ0v) is 18.0. The van der Waals surface area contributed by atoms with Crippen LogP contribution in [0.2, 0.25) is 0 Å². The Kier molecular flexibility index (Phi) is 5.92.